The van der Waals surface area contributed by atoms with Crippen molar-refractivity contribution in [1.29, 1.82) is 0 Å². The highest BCUT2D eigenvalue weighted by molar-refractivity contribution is 7.09. The van der Waals surface area contributed by atoms with Gasteiger partial charge < -0.3 is 4.90 Å². The number of urea groups is 1. The summed E-state index contributed by atoms with van der Waals surface area (Å²) < 4.78 is 40.0. The van der Waals surface area contributed by atoms with Crippen LogP contribution in [0, 0.1) is 6.92 Å². The number of thiazole rings is 1. The lowest BCUT2D eigenvalue weighted by atomic mass is 10.0. The molecular formula is C19H22F3N3OS. The van der Waals surface area contributed by atoms with Crippen LogP contribution in [0.1, 0.15) is 43.0 Å². The van der Waals surface area contributed by atoms with Gasteiger partial charge in [0.2, 0.25) is 0 Å². The zero-order valence-electron chi connectivity index (χ0n) is 15.3. The normalized spacial score (nSPS) is 18.8. The standard InChI is InChI=1S/C19H22F3N3OS/c1-3-15-6-4-5-11-24(15)17(26)23-18-25(12-13(2)27-18)16-9-7-14(8-10-16)19(20,21)22/h7-10,12,15H,3-6,11H2,1-2H3/b23-18-. The maximum Gasteiger partial charge on any atom is 0.416 e. The first-order chi connectivity index (χ1) is 12.8. The van der Waals surface area contributed by atoms with Crippen LogP contribution < -0.4 is 4.80 Å². The average Bonchev–Trinajstić information content (AvgIpc) is 3.01. The number of piperidine rings is 1. The summed E-state index contributed by atoms with van der Waals surface area (Å²) in [7, 11) is 0. The average molecular weight is 397 g/mol. The van der Waals surface area contributed by atoms with Gasteiger partial charge in [-0.1, -0.05) is 6.92 Å². The van der Waals surface area contributed by atoms with E-state index in [1.165, 1.54) is 23.5 Å². The fraction of sp³-hybridized carbons (Fsp3) is 0.474. The summed E-state index contributed by atoms with van der Waals surface area (Å²) in [6.45, 7) is 4.64. The van der Waals surface area contributed by atoms with E-state index < -0.39 is 11.7 Å². The van der Waals surface area contributed by atoms with Crippen molar-refractivity contribution in [2.75, 3.05) is 6.54 Å². The molecule has 2 aromatic rings. The second kappa shape index (κ2) is 7.88. The quantitative estimate of drug-likeness (QED) is 0.690. The highest BCUT2D eigenvalue weighted by atomic mass is 32.1. The molecule has 0 spiro atoms. The molecule has 1 saturated heterocycles. The molecule has 0 N–H and O–H groups in total. The predicted octanol–water partition coefficient (Wildman–Crippen LogP) is 5.15. The Hall–Kier alpha value is -2.09. The minimum Gasteiger partial charge on any atom is -0.320 e. The van der Waals surface area contributed by atoms with Gasteiger partial charge in [-0.15, -0.1) is 11.3 Å². The Labute approximate surface area is 160 Å². The largest absolute Gasteiger partial charge is 0.416 e. The maximum atomic E-state index is 12.8. The number of likely N-dealkylation sites (tertiary alicyclic amines) is 1. The van der Waals surface area contributed by atoms with Crippen molar-refractivity contribution in [2.24, 2.45) is 4.99 Å². The Bertz CT molecular complexity index is 868. The summed E-state index contributed by atoms with van der Waals surface area (Å²) >= 11 is 1.35. The number of amides is 2. The van der Waals surface area contributed by atoms with E-state index in [0.29, 0.717) is 17.0 Å². The lowest BCUT2D eigenvalue weighted by Gasteiger charge is -2.33. The molecule has 4 nitrogen and oxygen atoms in total. The summed E-state index contributed by atoms with van der Waals surface area (Å²) in [5.41, 5.74) is -0.156. The molecule has 27 heavy (non-hydrogen) atoms. The van der Waals surface area contributed by atoms with Crippen LogP contribution in [0.4, 0.5) is 18.0 Å². The molecule has 0 saturated carbocycles. The maximum absolute atomic E-state index is 12.8. The van der Waals surface area contributed by atoms with Gasteiger partial charge in [-0.2, -0.15) is 18.2 Å². The molecule has 1 aromatic heterocycles. The summed E-state index contributed by atoms with van der Waals surface area (Å²) in [6, 6.07) is 4.81. The van der Waals surface area contributed by atoms with Crippen LogP contribution >= 0.6 is 11.3 Å². The highest BCUT2D eigenvalue weighted by Gasteiger charge is 2.30. The molecule has 1 aliphatic rings. The minimum absolute atomic E-state index is 0.204. The highest BCUT2D eigenvalue weighted by Crippen LogP contribution is 2.29. The van der Waals surface area contributed by atoms with E-state index >= 15 is 0 Å². The molecule has 8 heteroatoms. The third kappa shape index (κ3) is 4.43. The Kier molecular flexibility index (Phi) is 5.74. The molecular weight excluding hydrogens is 375 g/mol. The minimum atomic E-state index is -4.37. The van der Waals surface area contributed by atoms with E-state index in [1.807, 2.05) is 11.8 Å². The molecule has 1 atom stereocenters. The van der Waals surface area contributed by atoms with Gasteiger partial charge in [0, 0.05) is 29.3 Å². The van der Waals surface area contributed by atoms with Gasteiger partial charge >= 0.3 is 12.2 Å². The monoisotopic (exact) mass is 397 g/mol. The second-order valence-electron chi connectivity index (χ2n) is 6.68. The molecule has 1 fully saturated rings. The van der Waals surface area contributed by atoms with Crippen LogP contribution in [0.5, 0.6) is 0 Å². The number of aryl methyl sites for hydroxylation is 1. The molecule has 2 amide bonds. The summed E-state index contributed by atoms with van der Waals surface area (Å²) in [4.78, 5) is 20.2. The molecule has 0 bridgehead atoms. The smallest absolute Gasteiger partial charge is 0.320 e. The van der Waals surface area contributed by atoms with Gasteiger partial charge in [-0.05, 0) is 56.9 Å². The Morgan fingerprint density at radius 3 is 2.59 bits per heavy atom. The van der Waals surface area contributed by atoms with Crippen LogP contribution in [0.15, 0.2) is 35.5 Å². The Morgan fingerprint density at radius 2 is 1.96 bits per heavy atom. The van der Waals surface area contributed by atoms with Crippen molar-refractivity contribution in [3.8, 4) is 5.69 Å². The van der Waals surface area contributed by atoms with E-state index in [1.54, 1.807) is 10.8 Å². The van der Waals surface area contributed by atoms with Crippen LogP contribution in [-0.4, -0.2) is 28.1 Å². The first-order valence-corrected chi connectivity index (χ1v) is 9.83. The Balaban J connectivity index is 1.94. The SMILES string of the molecule is CCC1CCCCN1C(=O)/N=c1\sc(C)cn1-c1ccc(C(F)(F)F)cc1. The predicted molar refractivity (Wildman–Crippen MR) is 99.0 cm³/mol. The molecule has 2 heterocycles. The molecule has 1 unspecified atom stereocenters. The third-order valence-electron chi connectivity index (χ3n) is 4.78. The van der Waals surface area contributed by atoms with Crippen LogP contribution in [0.3, 0.4) is 0 Å². The van der Waals surface area contributed by atoms with Gasteiger partial charge in [0.05, 0.1) is 5.56 Å². The molecule has 146 valence electrons. The first kappa shape index (κ1) is 19.7. The van der Waals surface area contributed by atoms with Crippen molar-refractivity contribution in [1.82, 2.24) is 9.47 Å². The zero-order valence-corrected chi connectivity index (χ0v) is 16.1. The van der Waals surface area contributed by atoms with Gasteiger partial charge in [-0.25, -0.2) is 4.79 Å². The lowest BCUT2D eigenvalue weighted by Crippen LogP contribution is -2.42. The fourth-order valence-electron chi connectivity index (χ4n) is 3.35. The van der Waals surface area contributed by atoms with Crippen molar-refractivity contribution >= 4 is 17.4 Å². The molecule has 1 aliphatic heterocycles. The van der Waals surface area contributed by atoms with E-state index in [-0.39, 0.29) is 12.1 Å². The number of alkyl halides is 3. The van der Waals surface area contributed by atoms with Crippen molar-refractivity contribution in [3.05, 3.63) is 45.7 Å². The number of aromatic nitrogens is 1. The fourth-order valence-corrected chi connectivity index (χ4v) is 4.18. The number of halogens is 3. The van der Waals surface area contributed by atoms with E-state index in [9.17, 15) is 18.0 Å². The summed E-state index contributed by atoms with van der Waals surface area (Å²) in [6.07, 6.45) is 1.38. The molecule has 1 aromatic carbocycles. The topological polar surface area (TPSA) is 37.6 Å². The number of carbonyl (C=O) groups is 1. The summed E-state index contributed by atoms with van der Waals surface area (Å²) in [5.74, 6) is 0. The second-order valence-corrected chi connectivity index (χ2v) is 7.90. The van der Waals surface area contributed by atoms with Crippen LogP contribution in [-0.2, 0) is 6.18 Å². The van der Waals surface area contributed by atoms with Crippen molar-refractivity contribution in [2.45, 2.75) is 51.7 Å². The van der Waals surface area contributed by atoms with Crippen molar-refractivity contribution < 1.29 is 18.0 Å². The number of hydrogen-bond donors (Lipinski definition) is 0. The number of nitrogens with zero attached hydrogens (tertiary/aromatic N) is 3. The van der Waals surface area contributed by atoms with Gasteiger partial charge in [0.15, 0.2) is 4.80 Å². The lowest BCUT2D eigenvalue weighted by molar-refractivity contribution is -0.137. The van der Waals surface area contributed by atoms with Crippen molar-refractivity contribution in [3.63, 3.8) is 0 Å². The van der Waals surface area contributed by atoms with Gasteiger partial charge in [0.1, 0.15) is 0 Å². The summed E-state index contributed by atoms with van der Waals surface area (Å²) in [5, 5.41) is 0. The van der Waals surface area contributed by atoms with Gasteiger partial charge in [0.25, 0.3) is 0 Å². The van der Waals surface area contributed by atoms with E-state index in [2.05, 4.69) is 11.9 Å². The van der Waals surface area contributed by atoms with Crippen LogP contribution in [0.2, 0.25) is 0 Å². The number of rotatable bonds is 2. The van der Waals surface area contributed by atoms with E-state index in [0.717, 1.165) is 42.7 Å². The molecule has 3 rings (SSSR count). The first-order valence-electron chi connectivity index (χ1n) is 9.01. The number of benzene rings is 1. The zero-order chi connectivity index (χ0) is 19.6. The number of hydrogen-bond acceptors (Lipinski definition) is 2. The molecule has 0 aliphatic carbocycles. The molecule has 0 radical (unpaired) electrons. The van der Waals surface area contributed by atoms with Gasteiger partial charge in [-0.3, -0.25) is 4.57 Å². The third-order valence-corrected chi connectivity index (χ3v) is 5.68. The van der Waals surface area contributed by atoms with E-state index in [4.69, 9.17) is 0 Å². The van der Waals surface area contributed by atoms with Crippen LogP contribution in [0.25, 0.3) is 5.69 Å². The number of carbonyl (C=O) groups excluding carboxylic acids is 1. The Morgan fingerprint density at radius 1 is 1.26 bits per heavy atom.